The lowest BCUT2D eigenvalue weighted by atomic mass is 10.0. The van der Waals surface area contributed by atoms with E-state index in [0.717, 1.165) is 16.8 Å². The first kappa shape index (κ1) is 19.6. The maximum absolute atomic E-state index is 12.8. The number of nitrogens with zero attached hydrogens (tertiary/aromatic N) is 5. The van der Waals surface area contributed by atoms with Gasteiger partial charge in [0.05, 0.1) is 18.0 Å². The Balaban J connectivity index is 2.06. The van der Waals surface area contributed by atoms with Crippen LogP contribution in [0.1, 0.15) is 35.6 Å². The van der Waals surface area contributed by atoms with Gasteiger partial charge in [-0.15, -0.1) is 5.10 Å². The molecule has 1 N–H and O–H groups in total. The highest BCUT2D eigenvalue weighted by atomic mass is 16.5. The Kier molecular flexibility index (Phi) is 6.10. The largest absolute Gasteiger partial charge is 0.383 e. The van der Waals surface area contributed by atoms with Crippen molar-refractivity contribution < 1.29 is 9.53 Å². The molecule has 2 heterocycles. The monoisotopic (exact) mass is 380 g/mol. The summed E-state index contributed by atoms with van der Waals surface area (Å²) in [6.07, 6.45) is 2.48. The van der Waals surface area contributed by atoms with Crippen LogP contribution in [0.2, 0.25) is 0 Å². The summed E-state index contributed by atoms with van der Waals surface area (Å²) in [6, 6.07) is 9.35. The van der Waals surface area contributed by atoms with Crippen LogP contribution < -0.4 is 5.32 Å². The van der Waals surface area contributed by atoms with Gasteiger partial charge in [-0.25, -0.2) is 0 Å². The number of nitrogens with one attached hydrogen (secondary N) is 1. The standard InChI is InChI=1S/C20H24N6O2/c1-5-19-23-24-25-26(19)17-9-15(18-7-6-13(2)11-21-18)8-16(10-17)20(27)22-14(3)12-28-4/h6-11,14H,5,12H2,1-4H3,(H,22,27). The van der Waals surface area contributed by atoms with Crippen LogP contribution in [0.4, 0.5) is 0 Å². The van der Waals surface area contributed by atoms with Crippen molar-refractivity contribution in [1.82, 2.24) is 30.5 Å². The van der Waals surface area contributed by atoms with Crippen LogP contribution >= 0.6 is 0 Å². The fourth-order valence-electron chi connectivity index (χ4n) is 2.88. The number of rotatable bonds is 7. The third kappa shape index (κ3) is 4.40. The Morgan fingerprint density at radius 2 is 2.11 bits per heavy atom. The van der Waals surface area contributed by atoms with E-state index in [0.29, 0.717) is 30.1 Å². The zero-order valence-electron chi connectivity index (χ0n) is 16.5. The van der Waals surface area contributed by atoms with Crippen molar-refractivity contribution in [3.63, 3.8) is 0 Å². The number of ether oxygens (including phenoxy) is 1. The molecule has 0 fully saturated rings. The quantitative estimate of drug-likeness (QED) is 0.676. The Morgan fingerprint density at radius 1 is 1.29 bits per heavy atom. The van der Waals surface area contributed by atoms with Gasteiger partial charge in [0.15, 0.2) is 5.82 Å². The molecule has 0 bridgehead atoms. The molecule has 0 aliphatic rings. The minimum atomic E-state index is -0.189. The van der Waals surface area contributed by atoms with Crippen LogP contribution in [0, 0.1) is 6.92 Å². The van der Waals surface area contributed by atoms with E-state index in [9.17, 15) is 4.79 Å². The topological polar surface area (TPSA) is 94.8 Å². The van der Waals surface area contributed by atoms with E-state index in [-0.39, 0.29) is 11.9 Å². The smallest absolute Gasteiger partial charge is 0.251 e. The number of aryl methyl sites for hydroxylation is 2. The second-order valence-electron chi connectivity index (χ2n) is 6.68. The summed E-state index contributed by atoms with van der Waals surface area (Å²) in [7, 11) is 1.61. The van der Waals surface area contributed by atoms with E-state index in [2.05, 4.69) is 25.8 Å². The van der Waals surface area contributed by atoms with Gasteiger partial charge in [0.25, 0.3) is 5.91 Å². The Hall–Kier alpha value is -3.13. The first-order chi connectivity index (χ1) is 13.5. The lowest BCUT2D eigenvalue weighted by Gasteiger charge is -2.14. The van der Waals surface area contributed by atoms with Crippen molar-refractivity contribution >= 4 is 5.91 Å². The number of hydrogen-bond acceptors (Lipinski definition) is 6. The van der Waals surface area contributed by atoms with Crippen LogP contribution in [0.15, 0.2) is 36.5 Å². The van der Waals surface area contributed by atoms with Crippen molar-refractivity contribution in [3.8, 4) is 16.9 Å². The number of methoxy groups -OCH3 is 1. The van der Waals surface area contributed by atoms with E-state index >= 15 is 0 Å². The molecule has 0 aliphatic heterocycles. The second-order valence-corrected chi connectivity index (χ2v) is 6.68. The van der Waals surface area contributed by atoms with Crippen molar-refractivity contribution in [2.75, 3.05) is 13.7 Å². The number of benzene rings is 1. The summed E-state index contributed by atoms with van der Waals surface area (Å²) in [5, 5.41) is 14.8. The van der Waals surface area contributed by atoms with Crippen LogP contribution in [-0.4, -0.2) is 50.9 Å². The molecule has 0 aliphatic carbocycles. The normalized spacial score (nSPS) is 12.0. The van der Waals surface area contributed by atoms with Crippen molar-refractivity contribution in [2.24, 2.45) is 0 Å². The van der Waals surface area contributed by atoms with Gasteiger partial charge in [-0.1, -0.05) is 13.0 Å². The summed E-state index contributed by atoms with van der Waals surface area (Å²) in [5.74, 6) is 0.527. The molecular formula is C20H24N6O2. The lowest BCUT2D eigenvalue weighted by Crippen LogP contribution is -2.35. The highest BCUT2D eigenvalue weighted by molar-refractivity contribution is 5.96. The zero-order chi connectivity index (χ0) is 20.1. The Labute approximate surface area is 163 Å². The predicted molar refractivity (Wildman–Crippen MR) is 105 cm³/mol. The van der Waals surface area contributed by atoms with E-state index in [1.54, 1.807) is 24.1 Å². The highest BCUT2D eigenvalue weighted by Gasteiger charge is 2.16. The summed E-state index contributed by atoms with van der Waals surface area (Å²) in [4.78, 5) is 17.3. The van der Waals surface area contributed by atoms with Gasteiger partial charge in [-0.2, -0.15) is 4.68 Å². The molecule has 3 aromatic rings. The first-order valence-corrected chi connectivity index (χ1v) is 9.17. The number of hydrogen-bond donors (Lipinski definition) is 1. The zero-order valence-corrected chi connectivity index (χ0v) is 16.5. The third-order valence-electron chi connectivity index (χ3n) is 4.28. The number of amides is 1. The van der Waals surface area contributed by atoms with Crippen LogP contribution in [0.5, 0.6) is 0 Å². The maximum Gasteiger partial charge on any atom is 0.251 e. The number of tetrazole rings is 1. The molecule has 8 heteroatoms. The number of pyridine rings is 1. The van der Waals surface area contributed by atoms with Gasteiger partial charge in [0, 0.05) is 36.9 Å². The third-order valence-corrected chi connectivity index (χ3v) is 4.28. The molecule has 1 atom stereocenters. The maximum atomic E-state index is 12.8. The molecular weight excluding hydrogens is 356 g/mol. The molecule has 8 nitrogen and oxygen atoms in total. The minimum absolute atomic E-state index is 0.110. The molecule has 2 aromatic heterocycles. The van der Waals surface area contributed by atoms with E-state index in [1.807, 2.05) is 45.0 Å². The van der Waals surface area contributed by atoms with E-state index in [1.165, 1.54) is 0 Å². The number of aromatic nitrogens is 5. The van der Waals surface area contributed by atoms with Gasteiger partial charge >= 0.3 is 0 Å². The van der Waals surface area contributed by atoms with Crippen molar-refractivity contribution in [2.45, 2.75) is 33.2 Å². The van der Waals surface area contributed by atoms with Gasteiger partial charge in [-0.3, -0.25) is 9.78 Å². The molecule has 146 valence electrons. The van der Waals surface area contributed by atoms with Gasteiger partial charge in [0.2, 0.25) is 0 Å². The van der Waals surface area contributed by atoms with Crippen LogP contribution in [-0.2, 0) is 11.2 Å². The molecule has 1 aromatic carbocycles. The van der Waals surface area contributed by atoms with Crippen LogP contribution in [0.3, 0.4) is 0 Å². The van der Waals surface area contributed by atoms with Gasteiger partial charge < -0.3 is 10.1 Å². The molecule has 0 saturated carbocycles. The van der Waals surface area contributed by atoms with Gasteiger partial charge in [0.1, 0.15) is 0 Å². The van der Waals surface area contributed by atoms with Crippen LogP contribution in [0.25, 0.3) is 16.9 Å². The molecule has 3 rings (SSSR count). The molecule has 0 radical (unpaired) electrons. The Bertz CT molecular complexity index is 952. The van der Waals surface area contributed by atoms with Gasteiger partial charge in [-0.05, 0) is 54.1 Å². The summed E-state index contributed by atoms with van der Waals surface area (Å²) in [6.45, 7) is 6.29. The van der Waals surface area contributed by atoms with E-state index < -0.39 is 0 Å². The fraction of sp³-hybridized carbons (Fsp3) is 0.350. The fourth-order valence-corrected chi connectivity index (χ4v) is 2.88. The second kappa shape index (κ2) is 8.71. The first-order valence-electron chi connectivity index (χ1n) is 9.17. The summed E-state index contributed by atoms with van der Waals surface area (Å²) < 4.78 is 6.75. The summed E-state index contributed by atoms with van der Waals surface area (Å²) in [5.41, 5.74) is 3.89. The number of carbonyl (C=O) groups is 1. The van der Waals surface area contributed by atoms with Crippen molar-refractivity contribution in [1.29, 1.82) is 0 Å². The molecule has 0 saturated heterocycles. The average Bonchev–Trinajstić information content (AvgIpc) is 3.17. The predicted octanol–water partition coefficient (Wildman–Crippen LogP) is 2.36. The average molecular weight is 380 g/mol. The molecule has 1 unspecified atom stereocenters. The summed E-state index contributed by atoms with van der Waals surface area (Å²) >= 11 is 0. The Morgan fingerprint density at radius 3 is 2.79 bits per heavy atom. The van der Waals surface area contributed by atoms with E-state index in [4.69, 9.17) is 4.74 Å². The lowest BCUT2D eigenvalue weighted by molar-refractivity contribution is 0.0905. The van der Waals surface area contributed by atoms with Crippen molar-refractivity contribution in [3.05, 3.63) is 53.5 Å². The SMILES string of the molecule is CCc1nnnn1-c1cc(C(=O)NC(C)COC)cc(-c2ccc(C)cn2)c1. The number of carbonyl (C=O) groups excluding carboxylic acids is 1. The molecule has 28 heavy (non-hydrogen) atoms. The highest BCUT2D eigenvalue weighted by Crippen LogP contribution is 2.23. The molecule has 0 spiro atoms. The minimum Gasteiger partial charge on any atom is -0.383 e. The molecule has 1 amide bonds.